The fourth-order valence-corrected chi connectivity index (χ4v) is 2.47. The Morgan fingerprint density at radius 1 is 1.25 bits per heavy atom. The number of ether oxygens (including phenoxy) is 1. The molecule has 0 unspecified atom stereocenters. The molecule has 3 nitrogen and oxygen atoms in total. The van der Waals surface area contributed by atoms with Gasteiger partial charge in [-0.05, 0) is 62.6 Å². The molecule has 0 saturated heterocycles. The number of carbonyl (C=O) groups excluding carboxylic acids is 1. The van der Waals surface area contributed by atoms with E-state index in [1.807, 2.05) is 38.1 Å². The maximum Gasteiger partial charge on any atom is 0.254 e. The Bertz CT molecular complexity index is 704. The van der Waals surface area contributed by atoms with Crippen molar-refractivity contribution in [2.45, 2.75) is 32.8 Å². The lowest BCUT2D eigenvalue weighted by Crippen LogP contribution is -2.25. The van der Waals surface area contributed by atoms with Crippen LogP contribution in [0.3, 0.4) is 0 Å². The van der Waals surface area contributed by atoms with E-state index in [9.17, 15) is 9.18 Å². The number of amides is 1. The van der Waals surface area contributed by atoms with Gasteiger partial charge in [-0.2, -0.15) is 0 Å². The van der Waals surface area contributed by atoms with Gasteiger partial charge in [0.25, 0.3) is 5.91 Å². The van der Waals surface area contributed by atoms with E-state index in [-0.39, 0.29) is 16.7 Å². The van der Waals surface area contributed by atoms with Crippen LogP contribution in [0, 0.1) is 5.82 Å². The molecule has 2 aromatic carbocycles. The summed E-state index contributed by atoms with van der Waals surface area (Å²) in [5, 5.41) is 2.99. The third-order valence-electron chi connectivity index (χ3n) is 3.37. The average molecular weight is 350 g/mol. The second kappa shape index (κ2) is 8.69. The summed E-state index contributed by atoms with van der Waals surface area (Å²) in [4.78, 5) is 11.9. The van der Waals surface area contributed by atoms with Crippen molar-refractivity contribution in [1.82, 2.24) is 5.32 Å². The van der Waals surface area contributed by atoms with Crippen molar-refractivity contribution in [3.05, 3.63) is 64.4 Å². The Kier molecular flexibility index (Phi) is 6.62. The fourth-order valence-electron chi connectivity index (χ4n) is 2.31. The fraction of sp³-hybridized carbons (Fsp3) is 0.316. The van der Waals surface area contributed by atoms with Crippen LogP contribution >= 0.6 is 11.6 Å². The van der Waals surface area contributed by atoms with Gasteiger partial charge in [-0.1, -0.05) is 23.7 Å². The van der Waals surface area contributed by atoms with Gasteiger partial charge < -0.3 is 10.1 Å². The van der Waals surface area contributed by atoms with Crippen LogP contribution in [0.25, 0.3) is 0 Å². The van der Waals surface area contributed by atoms with Crippen molar-refractivity contribution >= 4 is 17.5 Å². The van der Waals surface area contributed by atoms with Crippen LogP contribution in [0.15, 0.2) is 42.5 Å². The number of benzene rings is 2. The van der Waals surface area contributed by atoms with Gasteiger partial charge in [-0.25, -0.2) is 4.39 Å². The highest BCUT2D eigenvalue weighted by Gasteiger charge is 2.11. The quantitative estimate of drug-likeness (QED) is 0.740. The summed E-state index contributed by atoms with van der Waals surface area (Å²) in [7, 11) is 0. The number of hydrogen-bond acceptors (Lipinski definition) is 2. The number of aryl methyl sites for hydroxylation is 1. The first kappa shape index (κ1) is 18.3. The highest BCUT2D eigenvalue weighted by atomic mass is 35.5. The van der Waals surface area contributed by atoms with E-state index in [1.54, 1.807) is 0 Å². The lowest BCUT2D eigenvalue weighted by molar-refractivity contribution is 0.0949. The molecule has 0 fully saturated rings. The summed E-state index contributed by atoms with van der Waals surface area (Å²) in [6.07, 6.45) is 1.69. The normalized spacial score (nSPS) is 10.7. The SMILES string of the molecule is CC(C)Oc1cccc(CCCNC(=O)c2ccc(Cl)cc2F)c1. The number of carbonyl (C=O) groups is 1. The predicted molar refractivity (Wildman–Crippen MR) is 94.3 cm³/mol. The highest BCUT2D eigenvalue weighted by Crippen LogP contribution is 2.16. The van der Waals surface area contributed by atoms with Crippen molar-refractivity contribution in [2.75, 3.05) is 6.54 Å². The highest BCUT2D eigenvalue weighted by molar-refractivity contribution is 6.30. The third-order valence-corrected chi connectivity index (χ3v) is 3.61. The van der Waals surface area contributed by atoms with Gasteiger partial charge in [0.1, 0.15) is 11.6 Å². The van der Waals surface area contributed by atoms with Crippen LogP contribution in [0.5, 0.6) is 5.75 Å². The van der Waals surface area contributed by atoms with Gasteiger partial charge in [0.2, 0.25) is 0 Å². The van der Waals surface area contributed by atoms with Crippen LogP contribution in [0.2, 0.25) is 5.02 Å². The number of nitrogens with one attached hydrogen (secondary N) is 1. The summed E-state index contributed by atoms with van der Waals surface area (Å²) in [5.41, 5.74) is 1.15. The second-order valence-corrected chi connectivity index (χ2v) is 6.23. The molecule has 0 saturated carbocycles. The Morgan fingerprint density at radius 2 is 2.04 bits per heavy atom. The molecule has 128 valence electrons. The molecule has 0 aromatic heterocycles. The zero-order chi connectivity index (χ0) is 17.5. The van der Waals surface area contributed by atoms with Crippen LogP contribution in [-0.4, -0.2) is 18.6 Å². The maximum atomic E-state index is 13.7. The van der Waals surface area contributed by atoms with E-state index >= 15 is 0 Å². The Balaban J connectivity index is 1.81. The molecule has 0 heterocycles. The smallest absolute Gasteiger partial charge is 0.254 e. The van der Waals surface area contributed by atoms with Crippen LogP contribution in [-0.2, 0) is 6.42 Å². The van der Waals surface area contributed by atoms with E-state index < -0.39 is 11.7 Å². The Labute approximate surface area is 146 Å². The monoisotopic (exact) mass is 349 g/mol. The summed E-state index contributed by atoms with van der Waals surface area (Å²) >= 11 is 5.68. The number of rotatable bonds is 7. The molecule has 0 spiro atoms. The lowest BCUT2D eigenvalue weighted by Gasteiger charge is -2.11. The number of halogens is 2. The van der Waals surface area contributed by atoms with E-state index in [4.69, 9.17) is 16.3 Å². The van der Waals surface area contributed by atoms with Gasteiger partial charge in [0.05, 0.1) is 11.7 Å². The summed E-state index contributed by atoms with van der Waals surface area (Å²) < 4.78 is 19.3. The first-order valence-corrected chi connectivity index (χ1v) is 8.32. The zero-order valence-electron chi connectivity index (χ0n) is 13.8. The molecule has 1 amide bonds. The van der Waals surface area contributed by atoms with Crippen LogP contribution < -0.4 is 10.1 Å². The minimum atomic E-state index is -0.612. The molecule has 1 N–H and O–H groups in total. The van der Waals surface area contributed by atoms with E-state index in [0.717, 1.165) is 30.2 Å². The van der Waals surface area contributed by atoms with Crippen molar-refractivity contribution in [3.63, 3.8) is 0 Å². The van der Waals surface area contributed by atoms with Crippen molar-refractivity contribution in [3.8, 4) is 5.75 Å². The minimum absolute atomic E-state index is 0.00623. The molecule has 5 heteroatoms. The third kappa shape index (κ3) is 5.53. The zero-order valence-corrected chi connectivity index (χ0v) is 14.6. The molecule has 0 aliphatic carbocycles. The van der Waals surface area contributed by atoms with Gasteiger partial charge >= 0.3 is 0 Å². The van der Waals surface area contributed by atoms with Crippen LogP contribution in [0.1, 0.15) is 36.2 Å². The summed E-state index contributed by atoms with van der Waals surface area (Å²) in [6, 6.07) is 11.9. The van der Waals surface area contributed by atoms with Gasteiger partial charge in [-0.3, -0.25) is 4.79 Å². The summed E-state index contributed by atoms with van der Waals surface area (Å²) in [5.74, 6) is -0.200. The van der Waals surface area contributed by atoms with Crippen molar-refractivity contribution in [1.29, 1.82) is 0 Å². The molecule has 2 aromatic rings. The molecule has 24 heavy (non-hydrogen) atoms. The lowest BCUT2D eigenvalue weighted by atomic mass is 10.1. The summed E-state index contributed by atoms with van der Waals surface area (Å²) in [6.45, 7) is 4.44. The standard InChI is InChI=1S/C19H21ClFNO2/c1-13(2)24-16-7-3-5-14(11-16)6-4-10-22-19(23)17-9-8-15(20)12-18(17)21/h3,5,7-9,11-13H,4,6,10H2,1-2H3,(H,22,23). The van der Waals surface area contributed by atoms with E-state index in [0.29, 0.717) is 6.54 Å². The van der Waals surface area contributed by atoms with E-state index in [1.165, 1.54) is 12.1 Å². The Morgan fingerprint density at radius 3 is 2.75 bits per heavy atom. The molecule has 0 bridgehead atoms. The van der Waals surface area contributed by atoms with Crippen molar-refractivity contribution in [2.24, 2.45) is 0 Å². The van der Waals surface area contributed by atoms with E-state index in [2.05, 4.69) is 5.32 Å². The molecule has 0 radical (unpaired) electrons. The molecule has 0 aliphatic heterocycles. The average Bonchev–Trinajstić information content (AvgIpc) is 2.51. The Hall–Kier alpha value is -2.07. The molecule has 0 aliphatic rings. The predicted octanol–water partition coefficient (Wildman–Crippen LogP) is 4.63. The largest absolute Gasteiger partial charge is 0.491 e. The van der Waals surface area contributed by atoms with Gasteiger partial charge in [-0.15, -0.1) is 0 Å². The van der Waals surface area contributed by atoms with Gasteiger partial charge in [0, 0.05) is 11.6 Å². The van der Waals surface area contributed by atoms with Crippen molar-refractivity contribution < 1.29 is 13.9 Å². The molecular formula is C19H21ClFNO2. The maximum absolute atomic E-state index is 13.7. The first-order chi connectivity index (χ1) is 11.5. The van der Waals surface area contributed by atoms with Gasteiger partial charge in [0.15, 0.2) is 0 Å². The second-order valence-electron chi connectivity index (χ2n) is 5.80. The topological polar surface area (TPSA) is 38.3 Å². The molecule has 2 rings (SSSR count). The minimum Gasteiger partial charge on any atom is -0.491 e. The molecular weight excluding hydrogens is 329 g/mol. The molecule has 0 atom stereocenters. The number of hydrogen-bond donors (Lipinski definition) is 1. The van der Waals surface area contributed by atoms with Crippen LogP contribution in [0.4, 0.5) is 4.39 Å². The first-order valence-electron chi connectivity index (χ1n) is 7.94.